The molecule has 2 aromatic carbocycles. The van der Waals surface area contributed by atoms with Crippen molar-refractivity contribution in [2.75, 3.05) is 0 Å². The summed E-state index contributed by atoms with van der Waals surface area (Å²) in [4.78, 5) is -0.00565. The van der Waals surface area contributed by atoms with E-state index in [-0.39, 0.29) is 18.0 Å². The molecule has 0 amide bonds. The minimum atomic E-state index is -3.71. The van der Waals surface area contributed by atoms with E-state index in [0.717, 1.165) is 6.07 Å². The van der Waals surface area contributed by atoms with Crippen molar-refractivity contribution in [2.24, 2.45) is 0 Å². The van der Waals surface area contributed by atoms with Gasteiger partial charge in [-0.2, -0.15) is 4.31 Å². The molecule has 0 fully saturated rings. The van der Waals surface area contributed by atoms with Gasteiger partial charge in [0.05, 0.1) is 4.90 Å². The van der Waals surface area contributed by atoms with Gasteiger partial charge >= 0.3 is 0 Å². The van der Waals surface area contributed by atoms with Crippen molar-refractivity contribution in [1.29, 1.82) is 0 Å². The molecular weight excluding hydrogens is 284 g/mol. The molecule has 0 radical (unpaired) electrons. The fourth-order valence-corrected chi connectivity index (χ4v) is 3.92. The third-order valence-electron chi connectivity index (χ3n) is 3.24. The number of fused-ring (bicyclic) bond motifs is 1. The van der Waals surface area contributed by atoms with Crippen LogP contribution in [0.3, 0.4) is 0 Å². The van der Waals surface area contributed by atoms with Crippen LogP contribution in [0.15, 0.2) is 47.4 Å². The van der Waals surface area contributed by atoms with E-state index in [1.807, 2.05) is 0 Å². The van der Waals surface area contributed by atoms with Crippen molar-refractivity contribution in [1.82, 2.24) is 4.31 Å². The summed E-state index contributed by atoms with van der Waals surface area (Å²) in [6.45, 7) is 0.241. The summed E-state index contributed by atoms with van der Waals surface area (Å²) in [5.74, 6) is -0.998. The number of rotatable bonds is 2. The van der Waals surface area contributed by atoms with Crippen LogP contribution in [0.1, 0.15) is 11.1 Å². The lowest BCUT2D eigenvalue weighted by atomic mass is 10.2. The molecule has 1 heterocycles. The summed E-state index contributed by atoms with van der Waals surface area (Å²) in [7, 11) is -3.71. The molecule has 0 saturated carbocycles. The molecule has 0 N–H and O–H groups in total. The monoisotopic (exact) mass is 295 g/mol. The fraction of sp³-hybridized carbons (Fsp3) is 0.143. The lowest BCUT2D eigenvalue weighted by Crippen LogP contribution is -2.23. The summed E-state index contributed by atoms with van der Waals surface area (Å²) in [5, 5.41) is 0. The molecular formula is C14H11F2NO2S. The van der Waals surface area contributed by atoms with E-state index >= 15 is 0 Å². The lowest BCUT2D eigenvalue weighted by molar-refractivity contribution is 0.419. The van der Waals surface area contributed by atoms with Gasteiger partial charge in [-0.15, -0.1) is 0 Å². The minimum Gasteiger partial charge on any atom is -0.207 e. The minimum absolute atomic E-state index is 0.00565. The third kappa shape index (κ3) is 2.21. The van der Waals surface area contributed by atoms with Gasteiger partial charge in [-0.1, -0.05) is 18.2 Å². The quantitative estimate of drug-likeness (QED) is 0.854. The van der Waals surface area contributed by atoms with Gasteiger partial charge in [0.1, 0.15) is 11.6 Å². The van der Waals surface area contributed by atoms with Gasteiger partial charge < -0.3 is 0 Å². The number of benzene rings is 2. The Balaban J connectivity index is 1.95. The predicted octanol–water partition coefficient (Wildman–Crippen LogP) is 2.67. The van der Waals surface area contributed by atoms with Gasteiger partial charge in [0, 0.05) is 13.1 Å². The molecule has 0 spiro atoms. The number of hydrogen-bond donors (Lipinski definition) is 0. The molecule has 3 nitrogen and oxygen atoms in total. The topological polar surface area (TPSA) is 37.4 Å². The highest BCUT2D eigenvalue weighted by Gasteiger charge is 2.34. The van der Waals surface area contributed by atoms with Gasteiger partial charge in [0.15, 0.2) is 0 Å². The zero-order valence-electron chi connectivity index (χ0n) is 10.4. The summed E-state index contributed by atoms with van der Waals surface area (Å²) < 4.78 is 52.1. The van der Waals surface area contributed by atoms with Crippen LogP contribution in [0.2, 0.25) is 0 Å². The highest BCUT2D eigenvalue weighted by atomic mass is 32.2. The maximum atomic E-state index is 13.2. The molecule has 1 aliphatic heterocycles. The molecule has 0 aromatic heterocycles. The average molecular weight is 295 g/mol. The zero-order chi connectivity index (χ0) is 14.3. The number of sulfonamides is 1. The van der Waals surface area contributed by atoms with Gasteiger partial charge in [-0.3, -0.25) is 0 Å². The van der Waals surface area contributed by atoms with Crippen LogP contribution in [0.4, 0.5) is 8.78 Å². The van der Waals surface area contributed by atoms with E-state index in [4.69, 9.17) is 0 Å². The highest BCUT2D eigenvalue weighted by Crippen LogP contribution is 2.31. The summed E-state index contributed by atoms with van der Waals surface area (Å²) >= 11 is 0. The Bertz CT molecular complexity index is 774. The molecule has 104 valence electrons. The normalized spacial score (nSPS) is 17.1. The summed E-state index contributed by atoms with van der Waals surface area (Å²) in [6, 6.07) is 9.50. The zero-order valence-corrected chi connectivity index (χ0v) is 11.2. The second-order valence-electron chi connectivity index (χ2n) is 4.66. The first-order valence-corrected chi connectivity index (χ1v) is 7.44. The van der Waals surface area contributed by atoms with E-state index in [2.05, 4.69) is 0 Å². The molecule has 0 saturated heterocycles. The predicted molar refractivity (Wildman–Crippen MR) is 69.2 cm³/mol. The molecule has 6 heteroatoms. The van der Waals surface area contributed by atoms with Crippen LogP contribution >= 0.6 is 0 Å². The average Bonchev–Trinajstić information content (AvgIpc) is 2.62. The van der Waals surface area contributed by atoms with Crippen LogP contribution < -0.4 is 0 Å². The smallest absolute Gasteiger partial charge is 0.207 e. The van der Waals surface area contributed by atoms with Crippen molar-refractivity contribution in [3.8, 4) is 0 Å². The number of hydrogen-bond acceptors (Lipinski definition) is 2. The molecule has 1 aliphatic rings. The van der Waals surface area contributed by atoms with Gasteiger partial charge in [-0.05, 0) is 35.4 Å². The summed E-state index contributed by atoms with van der Waals surface area (Å²) in [6.07, 6.45) is 0. The maximum Gasteiger partial charge on any atom is 0.244 e. The van der Waals surface area contributed by atoms with E-state index < -0.39 is 21.7 Å². The first-order chi connectivity index (χ1) is 9.46. The summed E-state index contributed by atoms with van der Waals surface area (Å²) in [5.41, 5.74) is 1.12. The molecule has 0 bridgehead atoms. The fourth-order valence-electron chi connectivity index (χ4n) is 2.29. The molecule has 3 rings (SSSR count). The van der Waals surface area contributed by atoms with Crippen molar-refractivity contribution in [2.45, 2.75) is 18.0 Å². The van der Waals surface area contributed by atoms with E-state index in [9.17, 15) is 17.2 Å². The number of nitrogens with zero attached hydrogens (tertiary/aromatic N) is 1. The Morgan fingerprint density at radius 3 is 2.55 bits per heavy atom. The van der Waals surface area contributed by atoms with Crippen molar-refractivity contribution in [3.63, 3.8) is 0 Å². The van der Waals surface area contributed by atoms with Crippen LogP contribution in [-0.4, -0.2) is 12.7 Å². The lowest BCUT2D eigenvalue weighted by Gasteiger charge is -2.14. The molecule has 20 heavy (non-hydrogen) atoms. The van der Waals surface area contributed by atoms with Crippen molar-refractivity contribution < 1.29 is 17.2 Å². The van der Waals surface area contributed by atoms with Crippen LogP contribution in [-0.2, 0) is 23.1 Å². The Morgan fingerprint density at radius 2 is 1.80 bits per heavy atom. The maximum absolute atomic E-state index is 13.2. The third-order valence-corrected chi connectivity index (χ3v) is 5.12. The Labute approximate surface area is 115 Å². The Morgan fingerprint density at radius 1 is 1.05 bits per heavy atom. The second kappa shape index (κ2) is 4.64. The van der Waals surface area contributed by atoms with Gasteiger partial charge in [0.2, 0.25) is 10.0 Å². The largest absolute Gasteiger partial charge is 0.244 e. The first-order valence-electron chi connectivity index (χ1n) is 6.00. The van der Waals surface area contributed by atoms with Gasteiger partial charge in [0.25, 0.3) is 0 Å². The van der Waals surface area contributed by atoms with E-state index in [1.54, 1.807) is 6.07 Å². The van der Waals surface area contributed by atoms with Crippen molar-refractivity contribution >= 4 is 10.0 Å². The van der Waals surface area contributed by atoms with Crippen LogP contribution in [0.25, 0.3) is 0 Å². The standard InChI is InChI=1S/C14H11F2NO2S/c15-12-3-1-2-10(6-12)8-17-9-11-4-5-13(16)7-14(11)20(17,18)19/h1-7H,8-9H2. The molecule has 0 unspecified atom stereocenters. The van der Waals surface area contributed by atoms with Gasteiger partial charge in [-0.25, -0.2) is 17.2 Å². The first kappa shape index (κ1) is 13.2. The Kier molecular flexibility index (Phi) is 3.07. The molecule has 2 aromatic rings. The SMILES string of the molecule is O=S1(=O)c2cc(F)ccc2CN1Cc1cccc(F)c1. The molecule has 0 atom stereocenters. The number of halogens is 2. The molecule has 0 aliphatic carbocycles. The highest BCUT2D eigenvalue weighted by molar-refractivity contribution is 7.89. The van der Waals surface area contributed by atoms with Crippen LogP contribution in [0.5, 0.6) is 0 Å². The van der Waals surface area contributed by atoms with Crippen LogP contribution in [0, 0.1) is 11.6 Å². The Hall–Kier alpha value is -1.79. The second-order valence-corrected chi connectivity index (χ2v) is 6.56. The van der Waals surface area contributed by atoms with Crippen molar-refractivity contribution in [3.05, 3.63) is 65.2 Å². The van der Waals surface area contributed by atoms with E-state index in [0.29, 0.717) is 11.1 Å². The van der Waals surface area contributed by atoms with E-state index in [1.165, 1.54) is 34.6 Å².